The summed E-state index contributed by atoms with van der Waals surface area (Å²) in [6.45, 7) is 6.49. The van der Waals surface area contributed by atoms with E-state index in [4.69, 9.17) is 0 Å². The maximum absolute atomic E-state index is 13.2. The van der Waals surface area contributed by atoms with Gasteiger partial charge in [0.05, 0.1) is 16.0 Å². The number of nitrogens with zero attached hydrogens (tertiary/aromatic N) is 4. The molecule has 0 radical (unpaired) electrons. The normalized spacial score (nSPS) is 14.3. The number of hydrogen-bond donors (Lipinski definition) is 0. The third-order valence-corrected chi connectivity index (χ3v) is 5.32. The Morgan fingerprint density at radius 3 is 2.34 bits per heavy atom. The zero-order chi connectivity index (χ0) is 20.5. The smallest absolute Gasteiger partial charge is 0.269 e. The summed E-state index contributed by atoms with van der Waals surface area (Å²) >= 11 is 0. The van der Waals surface area contributed by atoms with Gasteiger partial charge in [-0.1, -0.05) is 11.6 Å². The van der Waals surface area contributed by atoms with Gasteiger partial charge in [0.25, 0.3) is 11.6 Å². The number of aryl methyl sites for hydroxylation is 2. The van der Waals surface area contributed by atoms with Crippen LogP contribution >= 0.6 is 0 Å². The topological polar surface area (TPSA) is 79.6 Å². The van der Waals surface area contributed by atoms with Gasteiger partial charge in [-0.2, -0.15) is 0 Å². The van der Waals surface area contributed by atoms with Crippen molar-refractivity contribution in [3.63, 3.8) is 0 Å². The molecular formula is C22H22N4O3. The number of carbonyl (C=O) groups excluding carboxylic acids is 1. The number of aromatic nitrogens is 1. The molecule has 1 amide bonds. The Labute approximate surface area is 168 Å². The van der Waals surface area contributed by atoms with E-state index < -0.39 is 4.92 Å². The molecule has 2 aromatic carbocycles. The van der Waals surface area contributed by atoms with E-state index in [1.165, 1.54) is 12.1 Å². The summed E-state index contributed by atoms with van der Waals surface area (Å²) in [5, 5.41) is 11.7. The highest BCUT2D eigenvalue weighted by atomic mass is 16.6. The summed E-state index contributed by atoms with van der Waals surface area (Å²) < 4.78 is 0. The second-order valence-electron chi connectivity index (χ2n) is 7.38. The minimum atomic E-state index is -0.400. The third-order valence-electron chi connectivity index (χ3n) is 5.32. The number of anilines is 1. The minimum Gasteiger partial charge on any atom is -0.368 e. The highest BCUT2D eigenvalue weighted by Crippen LogP contribution is 2.24. The largest absolute Gasteiger partial charge is 0.368 e. The fourth-order valence-electron chi connectivity index (χ4n) is 3.77. The summed E-state index contributed by atoms with van der Waals surface area (Å²) in [7, 11) is 0. The molecular weight excluding hydrogens is 368 g/mol. The van der Waals surface area contributed by atoms with Gasteiger partial charge in [-0.3, -0.25) is 19.9 Å². The lowest BCUT2D eigenvalue weighted by Crippen LogP contribution is -2.48. The molecule has 2 heterocycles. The van der Waals surface area contributed by atoms with E-state index in [2.05, 4.69) is 9.88 Å². The molecule has 148 valence electrons. The first kappa shape index (κ1) is 18.9. The summed E-state index contributed by atoms with van der Waals surface area (Å²) in [6, 6.07) is 14.4. The summed E-state index contributed by atoms with van der Waals surface area (Å²) in [6.07, 6.45) is 0. The lowest BCUT2D eigenvalue weighted by atomic mass is 10.0. The molecule has 0 bridgehead atoms. The molecule has 1 aliphatic heterocycles. The second-order valence-corrected chi connectivity index (χ2v) is 7.38. The van der Waals surface area contributed by atoms with Crippen LogP contribution < -0.4 is 4.90 Å². The Morgan fingerprint density at radius 2 is 1.69 bits per heavy atom. The van der Waals surface area contributed by atoms with Crippen molar-refractivity contribution in [3.05, 3.63) is 75.5 Å². The van der Waals surface area contributed by atoms with Crippen molar-refractivity contribution in [3.8, 4) is 0 Å². The maximum Gasteiger partial charge on any atom is 0.269 e. The van der Waals surface area contributed by atoms with Gasteiger partial charge in [0, 0.05) is 55.1 Å². The van der Waals surface area contributed by atoms with Crippen molar-refractivity contribution < 1.29 is 9.72 Å². The number of benzene rings is 2. The number of carbonyl (C=O) groups is 1. The van der Waals surface area contributed by atoms with Crippen molar-refractivity contribution in [1.29, 1.82) is 0 Å². The average molecular weight is 390 g/mol. The Bertz CT molecular complexity index is 1090. The van der Waals surface area contributed by atoms with Crippen molar-refractivity contribution in [2.45, 2.75) is 13.8 Å². The van der Waals surface area contributed by atoms with Crippen LogP contribution in [0.3, 0.4) is 0 Å². The number of hydrogen-bond acceptors (Lipinski definition) is 5. The first-order valence-corrected chi connectivity index (χ1v) is 9.59. The minimum absolute atomic E-state index is 0.0226. The number of nitro benzene ring substituents is 1. The lowest BCUT2D eigenvalue weighted by Gasteiger charge is -2.36. The monoisotopic (exact) mass is 390 g/mol. The molecule has 0 N–H and O–H groups in total. The van der Waals surface area contributed by atoms with Crippen molar-refractivity contribution in [2.24, 2.45) is 0 Å². The lowest BCUT2D eigenvalue weighted by molar-refractivity contribution is -0.384. The van der Waals surface area contributed by atoms with Gasteiger partial charge in [0.2, 0.25) is 0 Å². The SMILES string of the molecule is Cc1ccc2nc(C)cc(C(=O)N3CCN(c4ccc([N+](=O)[O-])cc4)CC3)c2c1. The number of rotatable bonds is 3. The van der Waals surface area contributed by atoms with Crippen LogP contribution in [-0.2, 0) is 0 Å². The standard InChI is InChI=1S/C22H22N4O3/c1-15-3-8-21-19(13-15)20(14-16(2)23-21)22(27)25-11-9-24(10-12-25)17-4-6-18(7-5-17)26(28)29/h3-8,13-14H,9-12H2,1-2H3. The van der Waals surface area contributed by atoms with Gasteiger partial charge in [-0.25, -0.2) is 0 Å². The van der Waals surface area contributed by atoms with E-state index >= 15 is 0 Å². The second kappa shape index (κ2) is 7.50. The predicted molar refractivity (Wildman–Crippen MR) is 112 cm³/mol. The van der Waals surface area contributed by atoms with Crippen LogP contribution in [0, 0.1) is 24.0 Å². The summed E-state index contributed by atoms with van der Waals surface area (Å²) in [5.74, 6) is 0.0226. The van der Waals surface area contributed by atoms with E-state index in [0.29, 0.717) is 31.7 Å². The Balaban J connectivity index is 1.52. The van der Waals surface area contributed by atoms with Gasteiger partial charge in [0.15, 0.2) is 0 Å². The number of nitro groups is 1. The van der Waals surface area contributed by atoms with Gasteiger partial charge in [-0.15, -0.1) is 0 Å². The van der Waals surface area contributed by atoms with Crippen LogP contribution in [0.4, 0.5) is 11.4 Å². The molecule has 1 aliphatic rings. The zero-order valence-corrected chi connectivity index (χ0v) is 16.5. The molecule has 0 atom stereocenters. The van der Waals surface area contributed by atoms with Crippen LogP contribution in [0.2, 0.25) is 0 Å². The molecule has 29 heavy (non-hydrogen) atoms. The molecule has 7 heteroatoms. The fraction of sp³-hybridized carbons (Fsp3) is 0.273. The Kier molecular flexibility index (Phi) is 4.88. The molecule has 0 saturated carbocycles. The van der Waals surface area contributed by atoms with Crippen molar-refractivity contribution in [2.75, 3.05) is 31.1 Å². The maximum atomic E-state index is 13.2. The Hall–Kier alpha value is -3.48. The summed E-state index contributed by atoms with van der Waals surface area (Å²) in [4.78, 5) is 32.2. The number of fused-ring (bicyclic) bond motifs is 1. The molecule has 1 saturated heterocycles. The van der Waals surface area contributed by atoms with E-state index in [0.717, 1.165) is 27.8 Å². The van der Waals surface area contributed by atoms with Gasteiger partial charge in [0.1, 0.15) is 0 Å². The van der Waals surface area contributed by atoms with Crippen LogP contribution in [-0.4, -0.2) is 46.9 Å². The van der Waals surface area contributed by atoms with Crippen molar-refractivity contribution >= 4 is 28.2 Å². The number of amides is 1. The molecule has 4 rings (SSSR count). The fourth-order valence-corrected chi connectivity index (χ4v) is 3.77. The van der Waals surface area contributed by atoms with E-state index in [-0.39, 0.29) is 11.6 Å². The highest BCUT2D eigenvalue weighted by molar-refractivity contribution is 6.06. The average Bonchev–Trinajstić information content (AvgIpc) is 2.73. The van der Waals surface area contributed by atoms with Crippen LogP contribution in [0.15, 0.2) is 48.5 Å². The highest BCUT2D eigenvalue weighted by Gasteiger charge is 2.24. The van der Waals surface area contributed by atoms with Crippen LogP contribution in [0.1, 0.15) is 21.6 Å². The quantitative estimate of drug-likeness (QED) is 0.503. The predicted octanol–water partition coefficient (Wildman–Crippen LogP) is 3.72. The first-order chi connectivity index (χ1) is 13.9. The van der Waals surface area contributed by atoms with E-state index in [9.17, 15) is 14.9 Å². The molecule has 1 fully saturated rings. The molecule has 0 unspecified atom stereocenters. The molecule has 1 aromatic heterocycles. The first-order valence-electron chi connectivity index (χ1n) is 9.59. The molecule has 0 spiro atoms. The Morgan fingerprint density at radius 1 is 1.00 bits per heavy atom. The van der Waals surface area contributed by atoms with Crippen LogP contribution in [0.25, 0.3) is 10.9 Å². The van der Waals surface area contributed by atoms with Gasteiger partial charge in [-0.05, 0) is 44.2 Å². The van der Waals surface area contributed by atoms with Crippen LogP contribution in [0.5, 0.6) is 0 Å². The van der Waals surface area contributed by atoms with Crippen molar-refractivity contribution in [1.82, 2.24) is 9.88 Å². The molecule has 7 nitrogen and oxygen atoms in total. The zero-order valence-electron chi connectivity index (χ0n) is 16.5. The number of piperazine rings is 1. The van der Waals surface area contributed by atoms with E-state index in [1.807, 2.05) is 43.0 Å². The summed E-state index contributed by atoms with van der Waals surface area (Å²) in [5.41, 5.74) is 4.47. The molecule has 3 aromatic rings. The van der Waals surface area contributed by atoms with Gasteiger partial charge >= 0.3 is 0 Å². The van der Waals surface area contributed by atoms with Gasteiger partial charge < -0.3 is 9.80 Å². The molecule has 0 aliphatic carbocycles. The number of non-ortho nitro benzene ring substituents is 1. The third kappa shape index (κ3) is 3.76. The number of pyridine rings is 1. The van der Waals surface area contributed by atoms with E-state index in [1.54, 1.807) is 12.1 Å².